The van der Waals surface area contributed by atoms with Crippen LogP contribution in [0.4, 0.5) is 4.79 Å². The van der Waals surface area contributed by atoms with Crippen molar-refractivity contribution in [2.45, 2.75) is 11.4 Å². The Labute approximate surface area is 181 Å². The number of amides is 3. The van der Waals surface area contributed by atoms with Crippen molar-refractivity contribution in [3.63, 3.8) is 0 Å². The highest BCUT2D eigenvalue weighted by Crippen LogP contribution is 2.35. The molecule has 0 spiro atoms. The van der Waals surface area contributed by atoms with E-state index in [1.165, 1.54) is 11.9 Å². The van der Waals surface area contributed by atoms with Crippen molar-refractivity contribution >= 4 is 48.7 Å². The lowest BCUT2D eigenvalue weighted by Crippen LogP contribution is -2.30. The quantitative estimate of drug-likeness (QED) is 0.517. The average Bonchev–Trinajstić information content (AvgIpc) is 3.18. The summed E-state index contributed by atoms with van der Waals surface area (Å²) in [4.78, 5) is 26.4. The molecule has 0 N–H and O–H groups in total. The first-order valence-corrected chi connectivity index (χ1v) is 11.6. The van der Waals surface area contributed by atoms with E-state index in [2.05, 4.69) is 26.2 Å². The van der Waals surface area contributed by atoms with Gasteiger partial charge in [0.15, 0.2) is 9.84 Å². The Morgan fingerprint density at radius 2 is 1.87 bits per heavy atom. The SMILES string of the molecule is CN1C(=O)CN(Cc2ccc(-c3ccc4c(nnn4C)c3Br)cc2S(C)(=O)=O)C1=O. The molecule has 0 bridgehead atoms. The second-order valence-corrected chi connectivity index (χ2v) is 9.97. The van der Waals surface area contributed by atoms with E-state index in [0.717, 1.165) is 22.2 Å². The normalized spacial score (nSPS) is 14.9. The minimum atomic E-state index is -3.59. The van der Waals surface area contributed by atoms with Crippen molar-refractivity contribution in [3.8, 4) is 11.1 Å². The third kappa shape index (κ3) is 3.37. The molecule has 1 fully saturated rings. The molecular formula is C19H18BrN5O4S. The van der Waals surface area contributed by atoms with E-state index in [-0.39, 0.29) is 23.9 Å². The van der Waals surface area contributed by atoms with Gasteiger partial charge in [0.25, 0.3) is 0 Å². The lowest BCUT2D eigenvalue weighted by molar-refractivity contribution is -0.124. The zero-order valence-electron chi connectivity index (χ0n) is 16.5. The van der Waals surface area contributed by atoms with Gasteiger partial charge >= 0.3 is 6.03 Å². The first kappa shape index (κ1) is 20.5. The predicted octanol–water partition coefficient (Wildman–Crippen LogP) is 2.20. The Bertz CT molecular complexity index is 1320. The minimum absolute atomic E-state index is 0.0297. The van der Waals surface area contributed by atoms with E-state index >= 15 is 0 Å². The summed E-state index contributed by atoms with van der Waals surface area (Å²) in [5, 5.41) is 8.16. The summed E-state index contributed by atoms with van der Waals surface area (Å²) < 4.78 is 27.4. The molecule has 0 aliphatic carbocycles. The molecular weight excluding hydrogens is 474 g/mol. The molecule has 3 amide bonds. The van der Waals surface area contributed by atoms with Crippen LogP contribution in [0.1, 0.15) is 5.56 Å². The van der Waals surface area contributed by atoms with Crippen LogP contribution in [-0.4, -0.2) is 65.0 Å². The minimum Gasteiger partial charge on any atom is -0.311 e. The molecule has 4 rings (SSSR count). The second kappa shape index (κ2) is 7.17. The third-order valence-electron chi connectivity index (χ3n) is 5.12. The van der Waals surface area contributed by atoms with Crippen LogP contribution in [0.2, 0.25) is 0 Å². The van der Waals surface area contributed by atoms with Crippen LogP contribution in [0.25, 0.3) is 22.2 Å². The number of hydrogen-bond donors (Lipinski definition) is 0. The van der Waals surface area contributed by atoms with Gasteiger partial charge in [-0.2, -0.15) is 0 Å². The van der Waals surface area contributed by atoms with Crippen LogP contribution in [-0.2, 0) is 28.2 Å². The van der Waals surface area contributed by atoms with Crippen molar-refractivity contribution in [3.05, 3.63) is 40.4 Å². The van der Waals surface area contributed by atoms with Crippen molar-refractivity contribution in [2.24, 2.45) is 7.05 Å². The van der Waals surface area contributed by atoms with Crippen molar-refractivity contribution < 1.29 is 18.0 Å². The zero-order valence-corrected chi connectivity index (χ0v) is 18.9. The van der Waals surface area contributed by atoms with Crippen LogP contribution in [0, 0.1) is 0 Å². The Morgan fingerprint density at radius 3 is 2.50 bits per heavy atom. The topological polar surface area (TPSA) is 105 Å². The number of likely N-dealkylation sites (N-methyl/N-ethyl adjacent to an activating group) is 1. The molecule has 2 heterocycles. The zero-order chi connectivity index (χ0) is 21.8. The number of hydrogen-bond acceptors (Lipinski definition) is 6. The smallest absolute Gasteiger partial charge is 0.311 e. The summed E-state index contributed by atoms with van der Waals surface area (Å²) in [7, 11) is -0.386. The number of rotatable bonds is 4. The van der Waals surface area contributed by atoms with Gasteiger partial charge in [0.1, 0.15) is 12.1 Å². The lowest BCUT2D eigenvalue weighted by atomic mass is 10.0. The fourth-order valence-corrected chi connectivity index (χ4v) is 5.07. The Morgan fingerprint density at radius 1 is 1.13 bits per heavy atom. The van der Waals surface area contributed by atoms with Crippen LogP contribution >= 0.6 is 15.9 Å². The summed E-state index contributed by atoms with van der Waals surface area (Å²) in [5.41, 5.74) is 3.41. The van der Waals surface area contributed by atoms with Gasteiger partial charge < -0.3 is 4.90 Å². The molecule has 30 heavy (non-hydrogen) atoms. The van der Waals surface area contributed by atoms with Gasteiger partial charge in [0.05, 0.1) is 14.9 Å². The van der Waals surface area contributed by atoms with Crippen LogP contribution in [0.15, 0.2) is 39.7 Å². The first-order chi connectivity index (χ1) is 14.1. The molecule has 3 aromatic rings. The molecule has 156 valence electrons. The van der Waals surface area contributed by atoms with Gasteiger partial charge in [0, 0.05) is 26.9 Å². The molecule has 0 unspecified atom stereocenters. The number of sulfone groups is 1. The standard InChI is InChI=1S/C19H18BrN5O4S/c1-23-16(26)10-25(19(23)27)9-12-5-4-11(8-15(12)30(3,28)29)13-6-7-14-18(17(13)20)21-22-24(14)2/h4-8H,9-10H2,1-3H3. The number of fused-ring (bicyclic) bond motifs is 1. The number of nitrogens with zero attached hydrogens (tertiary/aromatic N) is 5. The highest BCUT2D eigenvalue weighted by atomic mass is 79.9. The van der Waals surface area contributed by atoms with E-state index in [9.17, 15) is 18.0 Å². The number of benzene rings is 2. The summed E-state index contributed by atoms with van der Waals surface area (Å²) in [5.74, 6) is -0.321. The molecule has 1 aromatic heterocycles. The average molecular weight is 492 g/mol. The monoisotopic (exact) mass is 491 g/mol. The molecule has 0 saturated carbocycles. The molecule has 1 aliphatic heterocycles. The predicted molar refractivity (Wildman–Crippen MR) is 113 cm³/mol. The number of urea groups is 1. The second-order valence-electron chi connectivity index (χ2n) is 7.19. The number of carbonyl (C=O) groups is 2. The Hall–Kier alpha value is -2.79. The van der Waals surface area contributed by atoms with Gasteiger partial charge in [-0.3, -0.25) is 9.69 Å². The maximum atomic E-state index is 12.5. The van der Waals surface area contributed by atoms with Gasteiger partial charge in [-0.15, -0.1) is 5.10 Å². The number of carbonyl (C=O) groups excluding carboxylic acids is 2. The lowest BCUT2D eigenvalue weighted by Gasteiger charge is -2.18. The van der Waals surface area contributed by atoms with E-state index in [1.54, 1.807) is 29.9 Å². The summed E-state index contributed by atoms with van der Waals surface area (Å²) in [6.45, 7) is -0.0445. The van der Waals surface area contributed by atoms with Crippen LogP contribution in [0.5, 0.6) is 0 Å². The van der Waals surface area contributed by atoms with Gasteiger partial charge in [-0.1, -0.05) is 23.4 Å². The highest BCUT2D eigenvalue weighted by molar-refractivity contribution is 9.10. The summed E-state index contributed by atoms with van der Waals surface area (Å²) in [6, 6.07) is 8.34. The number of halogens is 1. The molecule has 1 saturated heterocycles. The maximum absolute atomic E-state index is 12.5. The molecule has 9 nitrogen and oxygen atoms in total. The van der Waals surface area contributed by atoms with E-state index < -0.39 is 15.9 Å². The van der Waals surface area contributed by atoms with Crippen molar-refractivity contribution in [2.75, 3.05) is 19.8 Å². The molecule has 2 aromatic carbocycles. The van der Waals surface area contributed by atoms with Crippen molar-refractivity contribution in [1.82, 2.24) is 24.8 Å². The number of aryl methyl sites for hydroxylation is 1. The first-order valence-electron chi connectivity index (χ1n) is 8.94. The molecule has 0 atom stereocenters. The molecule has 1 aliphatic rings. The number of imide groups is 1. The van der Waals surface area contributed by atoms with Gasteiger partial charge in [-0.25, -0.2) is 17.9 Å². The largest absolute Gasteiger partial charge is 0.327 e. The Balaban J connectivity index is 1.79. The Kier molecular flexibility index (Phi) is 4.89. The van der Waals surface area contributed by atoms with Crippen LogP contribution < -0.4 is 0 Å². The van der Waals surface area contributed by atoms with Gasteiger partial charge in [0.2, 0.25) is 5.91 Å². The maximum Gasteiger partial charge on any atom is 0.327 e. The van der Waals surface area contributed by atoms with Crippen molar-refractivity contribution in [1.29, 1.82) is 0 Å². The highest BCUT2D eigenvalue weighted by Gasteiger charge is 2.33. The van der Waals surface area contributed by atoms with E-state index in [1.807, 2.05) is 12.1 Å². The number of aromatic nitrogens is 3. The molecule has 0 radical (unpaired) electrons. The fourth-order valence-electron chi connectivity index (χ4n) is 3.48. The molecule has 11 heteroatoms. The summed E-state index contributed by atoms with van der Waals surface area (Å²) >= 11 is 3.56. The summed E-state index contributed by atoms with van der Waals surface area (Å²) in [6.07, 6.45) is 1.12. The third-order valence-corrected chi connectivity index (χ3v) is 7.10. The van der Waals surface area contributed by atoms with Gasteiger partial charge in [-0.05, 0) is 44.8 Å². The van der Waals surface area contributed by atoms with Crippen LogP contribution in [0.3, 0.4) is 0 Å². The van der Waals surface area contributed by atoms with E-state index in [4.69, 9.17) is 0 Å². The van der Waals surface area contributed by atoms with E-state index in [0.29, 0.717) is 21.1 Å². The fraction of sp³-hybridized carbons (Fsp3) is 0.263.